The van der Waals surface area contributed by atoms with Crippen LogP contribution in [0.3, 0.4) is 0 Å². The average Bonchev–Trinajstić information content (AvgIpc) is 2.44. The lowest BCUT2D eigenvalue weighted by molar-refractivity contribution is -0.120. The molecule has 1 aromatic rings. The minimum Gasteiger partial charge on any atom is -0.497 e. The van der Waals surface area contributed by atoms with Gasteiger partial charge >= 0.3 is 0 Å². The molecule has 0 bridgehead atoms. The Morgan fingerprint density at radius 3 is 2.48 bits per heavy atom. The summed E-state index contributed by atoms with van der Waals surface area (Å²) in [5.41, 5.74) is 0.495. The molecular weight excluding hydrogens is 292 g/mol. The number of hydrogen-bond acceptors (Lipinski definition) is 4. The van der Waals surface area contributed by atoms with Crippen LogP contribution in [0.4, 0.5) is 5.69 Å². The predicted molar refractivity (Wildman–Crippen MR) is 83.0 cm³/mol. The summed E-state index contributed by atoms with van der Waals surface area (Å²) in [5, 5.41) is 2.61. The van der Waals surface area contributed by atoms with Crippen molar-refractivity contribution in [2.45, 2.75) is 6.42 Å². The third-order valence-electron chi connectivity index (χ3n) is 2.75. The lowest BCUT2D eigenvalue weighted by Crippen LogP contribution is -2.34. The van der Waals surface area contributed by atoms with Crippen LogP contribution in [0.2, 0.25) is 0 Å². The van der Waals surface area contributed by atoms with Gasteiger partial charge in [-0.05, 0) is 24.3 Å². The third-order valence-corrected chi connectivity index (χ3v) is 3.94. The first kappa shape index (κ1) is 17.0. The van der Waals surface area contributed by atoms with Gasteiger partial charge < -0.3 is 10.1 Å². The SMILES string of the molecule is C=CCNC(=O)CCN(c1ccc(OC)cc1)S(C)(=O)=O. The number of rotatable bonds is 8. The molecule has 1 N–H and O–H groups in total. The number of carbonyl (C=O) groups excluding carboxylic acids is 1. The molecule has 0 saturated carbocycles. The van der Waals surface area contributed by atoms with E-state index in [9.17, 15) is 13.2 Å². The molecule has 0 heterocycles. The quantitative estimate of drug-likeness (QED) is 0.731. The predicted octanol–water partition coefficient (Wildman–Crippen LogP) is 1.15. The van der Waals surface area contributed by atoms with Gasteiger partial charge in [-0.15, -0.1) is 6.58 Å². The second kappa shape index (κ2) is 7.68. The van der Waals surface area contributed by atoms with E-state index in [0.717, 1.165) is 6.26 Å². The maximum Gasteiger partial charge on any atom is 0.232 e. The number of sulfonamides is 1. The molecule has 0 unspecified atom stereocenters. The summed E-state index contributed by atoms with van der Waals surface area (Å²) in [6.07, 6.45) is 2.75. The summed E-state index contributed by atoms with van der Waals surface area (Å²) in [6.45, 7) is 3.94. The first-order chi connectivity index (χ1) is 9.88. The maximum absolute atomic E-state index is 11.9. The van der Waals surface area contributed by atoms with Crippen LogP contribution in [-0.4, -0.2) is 40.8 Å². The van der Waals surface area contributed by atoms with E-state index in [1.165, 1.54) is 11.4 Å². The molecule has 0 aliphatic rings. The van der Waals surface area contributed by atoms with E-state index in [4.69, 9.17) is 4.74 Å². The van der Waals surface area contributed by atoms with Crippen molar-refractivity contribution in [2.75, 3.05) is 30.8 Å². The van der Waals surface area contributed by atoms with Crippen molar-refractivity contribution in [1.29, 1.82) is 0 Å². The summed E-state index contributed by atoms with van der Waals surface area (Å²) in [5.74, 6) is 0.410. The molecule has 0 aliphatic heterocycles. The van der Waals surface area contributed by atoms with E-state index >= 15 is 0 Å². The lowest BCUT2D eigenvalue weighted by Gasteiger charge is -2.22. The second-order valence-corrected chi connectivity index (χ2v) is 6.28. The summed E-state index contributed by atoms with van der Waals surface area (Å²) < 4.78 is 29.9. The highest BCUT2D eigenvalue weighted by Crippen LogP contribution is 2.21. The Bertz CT molecular complexity index is 581. The van der Waals surface area contributed by atoms with E-state index < -0.39 is 10.0 Å². The van der Waals surface area contributed by atoms with Crippen LogP contribution in [0.25, 0.3) is 0 Å². The molecule has 0 radical (unpaired) electrons. The topological polar surface area (TPSA) is 75.7 Å². The van der Waals surface area contributed by atoms with Crippen LogP contribution in [0.5, 0.6) is 5.75 Å². The Labute approximate surface area is 125 Å². The second-order valence-electron chi connectivity index (χ2n) is 4.38. The van der Waals surface area contributed by atoms with Crippen molar-refractivity contribution in [3.05, 3.63) is 36.9 Å². The summed E-state index contributed by atoms with van der Waals surface area (Å²) in [6, 6.07) is 6.62. The Morgan fingerprint density at radius 1 is 1.38 bits per heavy atom. The molecule has 0 aliphatic carbocycles. The van der Waals surface area contributed by atoms with Gasteiger partial charge in [0.2, 0.25) is 15.9 Å². The molecule has 0 atom stereocenters. The zero-order valence-electron chi connectivity index (χ0n) is 12.2. The Hall–Kier alpha value is -2.02. The lowest BCUT2D eigenvalue weighted by atomic mass is 10.3. The van der Waals surface area contributed by atoms with Crippen molar-refractivity contribution in [2.24, 2.45) is 0 Å². The van der Waals surface area contributed by atoms with Crippen LogP contribution in [0, 0.1) is 0 Å². The zero-order valence-corrected chi connectivity index (χ0v) is 13.0. The number of ether oxygens (including phenoxy) is 1. The van der Waals surface area contributed by atoms with Gasteiger partial charge in [0.25, 0.3) is 0 Å². The van der Waals surface area contributed by atoms with Gasteiger partial charge in [-0.3, -0.25) is 9.10 Å². The van der Waals surface area contributed by atoms with Gasteiger partial charge in [-0.1, -0.05) is 6.08 Å². The fraction of sp³-hybridized carbons (Fsp3) is 0.357. The monoisotopic (exact) mass is 312 g/mol. The summed E-state index contributed by atoms with van der Waals surface area (Å²) in [7, 11) is -1.93. The summed E-state index contributed by atoms with van der Waals surface area (Å²) in [4.78, 5) is 11.6. The van der Waals surface area contributed by atoms with E-state index in [0.29, 0.717) is 18.0 Å². The van der Waals surface area contributed by atoms with Crippen LogP contribution in [0.1, 0.15) is 6.42 Å². The number of nitrogens with zero attached hydrogens (tertiary/aromatic N) is 1. The smallest absolute Gasteiger partial charge is 0.232 e. The molecule has 6 nitrogen and oxygen atoms in total. The van der Waals surface area contributed by atoms with Crippen LogP contribution < -0.4 is 14.4 Å². The van der Waals surface area contributed by atoms with Gasteiger partial charge in [-0.25, -0.2) is 8.42 Å². The van der Waals surface area contributed by atoms with Gasteiger partial charge in [0.1, 0.15) is 5.75 Å². The van der Waals surface area contributed by atoms with Crippen LogP contribution in [0.15, 0.2) is 36.9 Å². The van der Waals surface area contributed by atoms with Crippen LogP contribution in [-0.2, 0) is 14.8 Å². The highest BCUT2D eigenvalue weighted by Gasteiger charge is 2.18. The number of anilines is 1. The molecule has 21 heavy (non-hydrogen) atoms. The van der Waals surface area contributed by atoms with Gasteiger partial charge in [0.05, 0.1) is 19.1 Å². The maximum atomic E-state index is 11.9. The summed E-state index contributed by atoms with van der Waals surface area (Å²) >= 11 is 0. The van der Waals surface area contributed by atoms with E-state index in [2.05, 4.69) is 11.9 Å². The molecule has 1 aromatic carbocycles. The number of hydrogen-bond donors (Lipinski definition) is 1. The first-order valence-corrected chi connectivity index (χ1v) is 8.22. The molecule has 0 fully saturated rings. The Morgan fingerprint density at radius 2 is 2.00 bits per heavy atom. The van der Waals surface area contributed by atoms with E-state index in [1.807, 2.05) is 0 Å². The average molecular weight is 312 g/mol. The molecule has 7 heteroatoms. The zero-order chi connectivity index (χ0) is 15.9. The molecule has 1 rings (SSSR count). The standard InChI is InChI=1S/C14H20N2O4S/c1-4-10-15-14(17)9-11-16(21(3,18)19)12-5-7-13(20-2)8-6-12/h4-8H,1,9-11H2,2-3H3,(H,15,17). The first-order valence-electron chi connectivity index (χ1n) is 6.38. The molecular formula is C14H20N2O4S. The molecule has 0 saturated heterocycles. The Kier molecular flexibility index (Phi) is 6.23. The normalized spacial score (nSPS) is 10.8. The minimum atomic E-state index is -3.46. The highest BCUT2D eigenvalue weighted by atomic mass is 32.2. The van der Waals surface area contributed by atoms with Crippen molar-refractivity contribution in [3.8, 4) is 5.75 Å². The number of carbonyl (C=O) groups is 1. The number of benzene rings is 1. The van der Waals surface area contributed by atoms with E-state index in [1.54, 1.807) is 30.3 Å². The molecule has 1 amide bonds. The molecule has 0 spiro atoms. The van der Waals surface area contributed by atoms with Gasteiger partial charge in [0, 0.05) is 19.5 Å². The number of methoxy groups -OCH3 is 1. The van der Waals surface area contributed by atoms with Gasteiger partial charge in [0.15, 0.2) is 0 Å². The fourth-order valence-corrected chi connectivity index (χ4v) is 2.64. The highest BCUT2D eigenvalue weighted by molar-refractivity contribution is 7.92. The fourth-order valence-electron chi connectivity index (χ4n) is 1.71. The van der Waals surface area contributed by atoms with Crippen molar-refractivity contribution in [3.63, 3.8) is 0 Å². The Balaban J connectivity index is 2.81. The molecule has 116 valence electrons. The van der Waals surface area contributed by atoms with Crippen LogP contribution >= 0.6 is 0 Å². The van der Waals surface area contributed by atoms with E-state index in [-0.39, 0.29) is 18.9 Å². The third kappa shape index (κ3) is 5.47. The number of nitrogens with one attached hydrogen (secondary N) is 1. The van der Waals surface area contributed by atoms with Crippen molar-refractivity contribution < 1.29 is 17.9 Å². The largest absolute Gasteiger partial charge is 0.497 e. The number of amides is 1. The van der Waals surface area contributed by atoms with Gasteiger partial charge in [-0.2, -0.15) is 0 Å². The molecule has 0 aromatic heterocycles. The van der Waals surface area contributed by atoms with Crippen molar-refractivity contribution >= 4 is 21.6 Å². The van der Waals surface area contributed by atoms with Crippen molar-refractivity contribution in [1.82, 2.24) is 5.32 Å². The minimum absolute atomic E-state index is 0.0763.